The van der Waals surface area contributed by atoms with Gasteiger partial charge >= 0.3 is 18.5 Å². The van der Waals surface area contributed by atoms with Crippen molar-refractivity contribution in [2.24, 2.45) is 0 Å². The Balaban J connectivity index is 2.41. The molecule has 0 aliphatic carbocycles. The Morgan fingerprint density at radius 2 is 1.36 bits per heavy atom. The molecule has 0 aromatic heterocycles. The third-order valence-corrected chi connectivity index (χ3v) is 5.27. The lowest BCUT2D eigenvalue weighted by Gasteiger charge is -2.37. The third-order valence-electron chi connectivity index (χ3n) is 5.27. The molecular weight excluding hydrogens is 516 g/mol. The van der Waals surface area contributed by atoms with Crippen LogP contribution in [0, 0.1) is 5.82 Å². The first kappa shape index (κ1) is 29.2. The van der Waals surface area contributed by atoms with Gasteiger partial charge in [-0.05, 0) is 48.2 Å². The van der Waals surface area contributed by atoms with Crippen LogP contribution in [0.3, 0.4) is 0 Å². The fourth-order valence-electron chi connectivity index (χ4n) is 3.64. The molecule has 0 saturated heterocycles. The lowest BCUT2D eigenvalue weighted by Crippen LogP contribution is -2.51. The van der Waals surface area contributed by atoms with Crippen molar-refractivity contribution < 1.29 is 58.9 Å². The Kier molecular flexibility index (Phi) is 7.66. The maximum atomic E-state index is 13.8. The predicted molar refractivity (Wildman–Crippen MR) is 106 cm³/mol. The number of amides is 1. The molecule has 2 aromatic rings. The number of phenols is 1. The highest BCUT2D eigenvalue weighted by Gasteiger charge is 2.57. The number of aromatic hydroxyl groups is 1. The molecule has 1 amide bonds. The largest absolute Gasteiger partial charge is 0.508 e. The summed E-state index contributed by atoms with van der Waals surface area (Å²) in [6.45, 7) is 2.19. The Bertz CT molecular complexity index is 1090. The lowest BCUT2D eigenvalue weighted by molar-refractivity contribution is -0.266. The fourth-order valence-corrected chi connectivity index (χ4v) is 3.64. The van der Waals surface area contributed by atoms with Crippen LogP contribution in [0.15, 0.2) is 36.4 Å². The number of hydrogen-bond donors (Lipinski definition) is 3. The summed E-state index contributed by atoms with van der Waals surface area (Å²) in [5.74, 6) is -3.28. The maximum absolute atomic E-state index is 13.8. The van der Waals surface area contributed by atoms with Gasteiger partial charge in [-0.1, -0.05) is 13.8 Å². The standard InChI is InChI=1S/C22H19F10NO3/c1-18(2,15-8-13(23)3-4-16(15)34)10-19(36,22(30,31)32)9-17(35)33-14-6-11(20(24,25)26)5-12(7-14)21(27,28)29/h3-8,34,36H,9-10H2,1-2H3,(H,33,35). The van der Waals surface area contributed by atoms with Crippen molar-refractivity contribution in [1.82, 2.24) is 0 Å². The number of carbonyl (C=O) groups excluding carboxylic acids is 1. The molecule has 0 aliphatic rings. The number of nitrogens with one attached hydrogen (secondary N) is 1. The van der Waals surface area contributed by atoms with E-state index in [-0.39, 0.29) is 23.8 Å². The van der Waals surface area contributed by atoms with Crippen molar-refractivity contribution in [2.75, 3.05) is 5.32 Å². The lowest BCUT2D eigenvalue weighted by atomic mass is 9.73. The SMILES string of the molecule is CC(C)(CC(O)(CC(=O)Nc1cc(C(F)(F)F)cc(C(F)(F)F)c1)C(F)(F)F)c1cc(F)ccc1O. The molecule has 0 heterocycles. The number of hydrogen-bond acceptors (Lipinski definition) is 3. The van der Waals surface area contributed by atoms with E-state index in [1.807, 2.05) is 0 Å². The van der Waals surface area contributed by atoms with Crippen LogP contribution >= 0.6 is 0 Å². The highest BCUT2D eigenvalue weighted by atomic mass is 19.4. The van der Waals surface area contributed by atoms with Crippen LogP contribution in [-0.4, -0.2) is 27.9 Å². The Morgan fingerprint density at radius 1 is 0.861 bits per heavy atom. The summed E-state index contributed by atoms with van der Waals surface area (Å²) in [7, 11) is 0. The summed E-state index contributed by atoms with van der Waals surface area (Å²) in [4.78, 5) is 12.3. The van der Waals surface area contributed by atoms with Gasteiger partial charge in [-0.2, -0.15) is 39.5 Å². The zero-order valence-electron chi connectivity index (χ0n) is 18.5. The van der Waals surface area contributed by atoms with Crippen LogP contribution in [0.1, 0.15) is 43.4 Å². The number of anilines is 1. The smallest absolute Gasteiger partial charge is 0.417 e. The van der Waals surface area contributed by atoms with E-state index in [4.69, 9.17) is 0 Å². The van der Waals surface area contributed by atoms with E-state index < -0.39 is 76.7 Å². The highest BCUT2D eigenvalue weighted by Crippen LogP contribution is 2.45. The van der Waals surface area contributed by atoms with Crippen LogP contribution in [0.4, 0.5) is 49.6 Å². The average molecular weight is 535 g/mol. The average Bonchev–Trinajstić information content (AvgIpc) is 2.66. The minimum atomic E-state index is -5.52. The number of phenolic OH excluding ortho intramolecular Hbond substituents is 1. The van der Waals surface area contributed by atoms with Crippen molar-refractivity contribution in [3.8, 4) is 5.75 Å². The first-order valence-electron chi connectivity index (χ1n) is 9.93. The summed E-state index contributed by atoms with van der Waals surface area (Å²) >= 11 is 0. The summed E-state index contributed by atoms with van der Waals surface area (Å²) in [5, 5.41) is 21.9. The summed E-state index contributed by atoms with van der Waals surface area (Å²) in [5.41, 5.74) is -10.8. The van der Waals surface area contributed by atoms with Crippen molar-refractivity contribution in [2.45, 2.75) is 56.2 Å². The molecule has 1 atom stereocenters. The molecule has 4 nitrogen and oxygen atoms in total. The monoisotopic (exact) mass is 535 g/mol. The maximum Gasteiger partial charge on any atom is 0.417 e. The highest BCUT2D eigenvalue weighted by molar-refractivity contribution is 5.91. The second kappa shape index (κ2) is 9.45. The van der Waals surface area contributed by atoms with E-state index in [9.17, 15) is 58.9 Å². The first-order chi connectivity index (χ1) is 16.0. The van der Waals surface area contributed by atoms with Crippen LogP contribution in [0.5, 0.6) is 5.75 Å². The van der Waals surface area contributed by atoms with Gasteiger partial charge in [0.1, 0.15) is 11.6 Å². The predicted octanol–water partition coefficient (Wildman–Crippen LogP) is 6.56. The van der Waals surface area contributed by atoms with Crippen molar-refractivity contribution in [3.05, 3.63) is 58.9 Å². The molecule has 200 valence electrons. The van der Waals surface area contributed by atoms with E-state index in [0.29, 0.717) is 6.07 Å². The number of carbonyl (C=O) groups is 1. The topological polar surface area (TPSA) is 69.6 Å². The summed E-state index contributed by atoms with van der Waals surface area (Å²) in [6.07, 6.45) is -19.2. The van der Waals surface area contributed by atoms with Crippen molar-refractivity contribution in [3.63, 3.8) is 0 Å². The van der Waals surface area contributed by atoms with Crippen LogP contribution < -0.4 is 5.32 Å². The first-order valence-corrected chi connectivity index (χ1v) is 9.93. The van der Waals surface area contributed by atoms with Crippen molar-refractivity contribution in [1.29, 1.82) is 0 Å². The Morgan fingerprint density at radius 3 is 1.81 bits per heavy atom. The second-order valence-electron chi connectivity index (χ2n) is 8.77. The number of halogens is 10. The second-order valence-corrected chi connectivity index (χ2v) is 8.77. The van der Waals surface area contributed by atoms with Gasteiger partial charge in [0.05, 0.1) is 17.5 Å². The summed E-state index contributed by atoms with van der Waals surface area (Å²) in [6, 6.07) is 2.34. The fraction of sp³-hybridized carbons (Fsp3) is 0.409. The molecule has 0 radical (unpaired) electrons. The molecule has 2 rings (SSSR count). The molecule has 0 spiro atoms. The molecule has 0 saturated carbocycles. The van der Waals surface area contributed by atoms with Gasteiger partial charge in [0.2, 0.25) is 5.91 Å². The minimum Gasteiger partial charge on any atom is -0.508 e. The zero-order chi connectivity index (χ0) is 27.9. The van der Waals surface area contributed by atoms with Gasteiger partial charge in [0.25, 0.3) is 0 Å². The third kappa shape index (κ3) is 6.80. The Hall–Kier alpha value is -3.03. The van der Waals surface area contributed by atoms with Crippen LogP contribution in [-0.2, 0) is 22.6 Å². The van der Waals surface area contributed by atoms with Crippen LogP contribution in [0.2, 0.25) is 0 Å². The van der Waals surface area contributed by atoms with E-state index >= 15 is 0 Å². The van der Waals surface area contributed by atoms with E-state index in [1.54, 1.807) is 0 Å². The van der Waals surface area contributed by atoms with E-state index in [0.717, 1.165) is 26.0 Å². The molecule has 0 bridgehead atoms. The van der Waals surface area contributed by atoms with Gasteiger partial charge in [0.15, 0.2) is 5.60 Å². The number of alkyl halides is 9. The van der Waals surface area contributed by atoms with Gasteiger partial charge in [-0.15, -0.1) is 0 Å². The van der Waals surface area contributed by atoms with Crippen molar-refractivity contribution >= 4 is 11.6 Å². The van der Waals surface area contributed by atoms with Gasteiger partial charge in [-0.3, -0.25) is 4.79 Å². The molecule has 14 heteroatoms. The van der Waals surface area contributed by atoms with Crippen LogP contribution in [0.25, 0.3) is 0 Å². The molecule has 36 heavy (non-hydrogen) atoms. The summed E-state index contributed by atoms with van der Waals surface area (Å²) < 4.78 is 133. The van der Waals surface area contributed by atoms with E-state index in [2.05, 4.69) is 0 Å². The quantitative estimate of drug-likeness (QED) is 0.367. The minimum absolute atomic E-state index is 0.0918. The zero-order valence-corrected chi connectivity index (χ0v) is 18.5. The number of benzene rings is 2. The Labute approximate surface area is 197 Å². The molecule has 0 fully saturated rings. The number of rotatable bonds is 6. The molecular formula is C22H19F10NO3. The van der Waals surface area contributed by atoms with Gasteiger partial charge < -0.3 is 15.5 Å². The molecule has 1 unspecified atom stereocenters. The molecule has 3 N–H and O–H groups in total. The molecule has 2 aromatic carbocycles. The van der Waals surface area contributed by atoms with Gasteiger partial charge in [-0.25, -0.2) is 4.39 Å². The molecule has 0 aliphatic heterocycles. The number of aliphatic hydroxyl groups is 1. The van der Waals surface area contributed by atoms with E-state index in [1.165, 1.54) is 5.32 Å². The normalized spacial score (nSPS) is 14.9. The van der Waals surface area contributed by atoms with Gasteiger partial charge in [0, 0.05) is 11.3 Å².